The molecule has 6 nitrogen and oxygen atoms in total. The highest BCUT2D eigenvalue weighted by Gasteiger charge is 2.29. The van der Waals surface area contributed by atoms with Gasteiger partial charge in [-0.15, -0.1) is 0 Å². The third-order valence-electron chi connectivity index (χ3n) is 3.58. The van der Waals surface area contributed by atoms with E-state index in [-0.39, 0.29) is 18.3 Å². The van der Waals surface area contributed by atoms with Crippen LogP contribution in [0.3, 0.4) is 0 Å². The zero-order valence-electron chi connectivity index (χ0n) is 10.8. The van der Waals surface area contributed by atoms with E-state index < -0.39 is 11.0 Å². The van der Waals surface area contributed by atoms with Gasteiger partial charge >= 0.3 is 0 Å². The normalized spacial score (nSPS) is 20.6. The van der Waals surface area contributed by atoms with Crippen LogP contribution in [0.4, 0.5) is 11.4 Å². The minimum Gasteiger partial charge on any atom is -0.394 e. The molecular weight excluding hydrogens is 248 g/mol. The minimum absolute atomic E-state index is 0.00465. The predicted octanol–water partition coefficient (Wildman–Crippen LogP) is 1.61. The molecule has 1 heterocycles. The minimum atomic E-state index is -0.736. The Morgan fingerprint density at radius 3 is 2.89 bits per heavy atom. The van der Waals surface area contributed by atoms with Crippen molar-refractivity contribution in [3.05, 3.63) is 33.9 Å². The molecule has 1 unspecified atom stereocenters. The van der Waals surface area contributed by atoms with E-state index in [2.05, 4.69) is 0 Å². The number of anilines is 1. The number of hydrogen-bond acceptors (Lipinski definition) is 5. The fourth-order valence-corrected chi connectivity index (χ4v) is 2.53. The van der Waals surface area contributed by atoms with E-state index in [1.165, 1.54) is 6.07 Å². The van der Waals surface area contributed by atoms with Crippen LogP contribution in [0, 0.1) is 10.1 Å². The molecule has 0 radical (unpaired) electrons. The Balaban J connectivity index is 2.42. The Hall–Kier alpha value is -1.66. The van der Waals surface area contributed by atoms with Gasteiger partial charge in [0.2, 0.25) is 0 Å². The summed E-state index contributed by atoms with van der Waals surface area (Å²) in [6.45, 7) is 2.28. The van der Waals surface area contributed by atoms with Crippen LogP contribution in [-0.2, 0) is 0 Å². The van der Waals surface area contributed by atoms with Crippen LogP contribution in [0.1, 0.15) is 31.4 Å². The van der Waals surface area contributed by atoms with Crippen LogP contribution in [0.5, 0.6) is 0 Å². The van der Waals surface area contributed by atoms with Crippen molar-refractivity contribution >= 4 is 11.4 Å². The Labute approximate surface area is 111 Å². The third kappa shape index (κ3) is 2.69. The molecule has 0 spiro atoms. The summed E-state index contributed by atoms with van der Waals surface area (Å²) >= 11 is 0. The number of hydrogen-bond donors (Lipinski definition) is 2. The quantitative estimate of drug-likeness (QED) is 0.638. The predicted molar refractivity (Wildman–Crippen MR) is 71.2 cm³/mol. The highest BCUT2D eigenvalue weighted by atomic mass is 16.6. The summed E-state index contributed by atoms with van der Waals surface area (Å²) < 4.78 is 0. The number of nitrogens with zero attached hydrogens (tertiary/aromatic N) is 2. The zero-order valence-corrected chi connectivity index (χ0v) is 10.8. The average Bonchev–Trinajstić information content (AvgIpc) is 2.85. The highest BCUT2D eigenvalue weighted by molar-refractivity contribution is 5.65. The molecule has 2 rings (SSSR count). The summed E-state index contributed by atoms with van der Waals surface area (Å²) in [6, 6.07) is 4.71. The smallest absolute Gasteiger partial charge is 0.292 e. The van der Waals surface area contributed by atoms with Crippen molar-refractivity contribution in [1.82, 2.24) is 0 Å². The summed E-state index contributed by atoms with van der Waals surface area (Å²) in [7, 11) is 0. The number of benzene rings is 1. The van der Waals surface area contributed by atoms with Crippen molar-refractivity contribution in [2.45, 2.75) is 31.9 Å². The standard InChI is InChI=1S/C13H18N2O4/c1-9(17)10-4-5-12(13(7-10)15(18)19)14-6-2-3-11(14)8-16/h4-5,7,9,11,16-17H,2-3,6,8H2,1H3/t9-,11?/m0/s1. The molecule has 0 saturated carbocycles. The maximum Gasteiger partial charge on any atom is 0.292 e. The van der Waals surface area contributed by atoms with Gasteiger partial charge in [0.05, 0.1) is 23.7 Å². The molecule has 0 amide bonds. The van der Waals surface area contributed by atoms with Gasteiger partial charge in [0.1, 0.15) is 5.69 Å². The Morgan fingerprint density at radius 2 is 2.32 bits per heavy atom. The molecule has 0 bridgehead atoms. The number of aliphatic hydroxyl groups is 2. The van der Waals surface area contributed by atoms with Crippen LogP contribution >= 0.6 is 0 Å². The molecule has 0 aliphatic carbocycles. The largest absolute Gasteiger partial charge is 0.394 e. The first kappa shape index (κ1) is 13.8. The van der Waals surface area contributed by atoms with Gasteiger partial charge in [-0.25, -0.2) is 0 Å². The second-order valence-corrected chi connectivity index (χ2v) is 4.85. The van der Waals surface area contributed by atoms with E-state index in [1.807, 2.05) is 4.90 Å². The lowest BCUT2D eigenvalue weighted by atomic mass is 10.1. The first-order valence-corrected chi connectivity index (χ1v) is 6.38. The van der Waals surface area contributed by atoms with Crippen molar-refractivity contribution in [3.63, 3.8) is 0 Å². The summed E-state index contributed by atoms with van der Waals surface area (Å²) in [5.74, 6) is 0. The first-order valence-electron chi connectivity index (χ1n) is 6.38. The van der Waals surface area contributed by atoms with Gasteiger partial charge in [0, 0.05) is 12.6 Å². The molecule has 0 aromatic heterocycles. The van der Waals surface area contributed by atoms with E-state index in [4.69, 9.17) is 0 Å². The lowest BCUT2D eigenvalue weighted by Gasteiger charge is -2.25. The van der Waals surface area contributed by atoms with Crippen molar-refractivity contribution in [1.29, 1.82) is 0 Å². The van der Waals surface area contributed by atoms with Crippen LogP contribution < -0.4 is 4.90 Å². The summed E-state index contributed by atoms with van der Waals surface area (Å²) in [5.41, 5.74) is 1.03. The maximum atomic E-state index is 11.2. The lowest BCUT2D eigenvalue weighted by molar-refractivity contribution is -0.384. The number of aliphatic hydroxyl groups excluding tert-OH is 2. The first-order chi connectivity index (χ1) is 9.04. The van der Waals surface area contributed by atoms with Crippen molar-refractivity contribution < 1.29 is 15.1 Å². The van der Waals surface area contributed by atoms with Crippen molar-refractivity contribution in [2.24, 2.45) is 0 Å². The molecule has 2 N–H and O–H groups in total. The molecule has 1 aliphatic heterocycles. The van der Waals surface area contributed by atoms with Crippen molar-refractivity contribution in [3.8, 4) is 0 Å². The van der Waals surface area contributed by atoms with Crippen LogP contribution in [0.2, 0.25) is 0 Å². The molecule has 1 aromatic carbocycles. The summed E-state index contributed by atoms with van der Waals surface area (Å²) in [5, 5.41) is 30.0. The van der Waals surface area contributed by atoms with Gasteiger partial charge in [0.25, 0.3) is 5.69 Å². The Kier molecular flexibility index (Phi) is 4.01. The van der Waals surface area contributed by atoms with Gasteiger partial charge in [-0.1, -0.05) is 6.07 Å². The SMILES string of the molecule is C[C@H](O)c1ccc(N2CCCC2CO)c([N+](=O)[O-])c1. The van der Waals surface area contributed by atoms with Gasteiger partial charge in [-0.05, 0) is 31.4 Å². The Bertz CT molecular complexity index is 476. The number of nitro groups is 1. The zero-order chi connectivity index (χ0) is 14.0. The lowest BCUT2D eigenvalue weighted by Crippen LogP contribution is -2.32. The van der Waals surface area contributed by atoms with Gasteiger partial charge in [0.15, 0.2) is 0 Å². The van der Waals surface area contributed by atoms with E-state index in [0.29, 0.717) is 17.8 Å². The number of nitro benzene ring substituents is 1. The molecule has 1 aromatic rings. The van der Waals surface area contributed by atoms with Crippen molar-refractivity contribution in [2.75, 3.05) is 18.1 Å². The average molecular weight is 266 g/mol. The molecule has 2 atom stereocenters. The molecule has 6 heteroatoms. The summed E-state index contributed by atoms with van der Waals surface area (Å²) in [6.07, 6.45) is 1.02. The van der Waals surface area contributed by atoms with Gasteiger partial charge in [-0.2, -0.15) is 0 Å². The summed E-state index contributed by atoms with van der Waals surface area (Å²) in [4.78, 5) is 12.6. The topological polar surface area (TPSA) is 86.8 Å². The van der Waals surface area contributed by atoms with Gasteiger partial charge < -0.3 is 15.1 Å². The monoisotopic (exact) mass is 266 g/mol. The highest BCUT2D eigenvalue weighted by Crippen LogP contribution is 2.35. The maximum absolute atomic E-state index is 11.2. The molecule has 19 heavy (non-hydrogen) atoms. The van der Waals surface area contributed by atoms with Crippen LogP contribution in [-0.4, -0.2) is 34.3 Å². The molecule has 104 valence electrons. The Morgan fingerprint density at radius 1 is 1.58 bits per heavy atom. The fraction of sp³-hybridized carbons (Fsp3) is 0.538. The van der Waals surface area contributed by atoms with E-state index in [9.17, 15) is 20.3 Å². The van der Waals surface area contributed by atoms with E-state index >= 15 is 0 Å². The van der Waals surface area contributed by atoms with Crippen LogP contribution in [0.25, 0.3) is 0 Å². The molecular formula is C13H18N2O4. The fourth-order valence-electron chi connectivity index (χ4n) is 2.53. The molecule has 1 saturated heterocycles. The third-order valence-corrected chi connectivity index (χ3v) is 3.58. The molecule has 1 fully saturated rings. The van der Waals surface area contributed by atoms with E-state index in [0.717, 1.165) is 12.8 Å². The second-order valence-electron chi connectivity index (χ2n) is 4.85. The second kappa shape index (κ2) is 5.54. The van der Waals surface area contributed by atoms with Gasteiger partial charge in [-0.3, -0.25) is 10.1 Å². The van der Waals surface area contributed by atoms with E-state index in [1.54, 1.807) is 19.1 Å². The molecule has 1 aliphatic rings. The number of rotatable bonds is 4. The van der Waals surface area contributed by atoms with Crippen LogP contribution in [0.15, 0.2) is 18.2 Å².